The van der Waals surface area contributed by atoms with E-state index in [1.54, 1.807) is 18.2 Å². The molecule has 1 aromatic heterocycles. The monoisotopic (exact) mass is 234 g/mol. The van der Waals surface area contributed by atoms with E-state index in [0.29, 0.717) is 10.9 Å². The second kappa shape index (κ2) is 4.25. The Hall–Kier alpha value is -1.99. The Morgan fingerprint density at radius 3 is 3.06 bits per heavy atom. The van der Waals surface area contributed by atoms with Gasteiger partial charge >= 0.3 is 5.97 Å². The lowest BCUT2D eigenvalue weighted by atomic mass is 10.1. The van der Waals surface area contributed by atoms with Gasteiger partial charge in [0.2, 0.25) is 0 Å². The molecule has 0 aliphatic heterocycles. The lowest BCUT2D eigenvalue weighted by Gasteiger charge is -1.92. The number of carboxylic acids is 1. The van der Waals surface area contributed by atoms with E-state index in [1.165, 1.54) is 0 Å². The Labute approximate surface area is 96.2 Å². The average Bonchev–Trinajstić information content (AvgIpc) is 2.69. The number of aromatic amines is 1. The number of carboxylic acid groups (broad SMARTS) is 1. The Morgan fingerprint density at radius 2 is 2.38 bits per heavy atom. The molecule has 5 heteroatoms. The molecule has 0 saturated heterocycles. The molecule has 0 unspecified atom stereocenters. The van der Waals surface area contributed by atoms with E-state index < -0.39 is 5.97 Å². The smallest absolute Gasteiger partial charge is 0.357 e. The third kappa shape index (κ3) is 1.86. The predicted octanol–water partition coefficient (Wildman–Crippen LogP) is 1.85. The van der Waals surface area contributed by atoms with Crippen LogP contribution in [0, 0.1) is 11.8 Å². The summed E-state index contributed by atoms with van der Waals surface area (Å²) < 4.78 is 0. The van der Waals surface area contributed by atoms with Gasteiger partial charge in [0.1, 0.15) is 0 Å². The second-order valence-corrected chi connectivity index (χ2v) is 3.34. The molecule has 0 saturated carbocycles. The first-order valence-electron chi connectivity index (χ1n) is 4.48. The van der Waals surface area contributed by atoms with Gasteiger partial charge in [-0.25, -0.2) is 4.79 Å². The van der Waals surface area contributed by atoms with Gasteiger partial charge in [-0.05, 0) is 18.2 Å². The number of benzene rings is 1. The van der Waals surface area contributed by atoms with E-state index in [2.05, 4.69) is 22.0 Å². The van der Waals surface area contributed by atoms with Crippen LogP contribution in [-0.2, 0) is 0 Å². The van der Waals surface area contributed by atoms with Crippen LogP contribution in [0.5, 0.6) is 0 Å². The highest BCUT2D eigenvalue weighted by molar-refractivity contribution is 6.19. The fraction of sp³-hybridized carbons (Fsp3) is 0.0909. The van der Waals surface area contributed by atoms with Gasteiger partial charge in [0.15, 0.2) is 5.69 Å². The third-order valence-electron chi connectivity index (χ3n) is 2.06. The molecular weight excluding hydrogens is 228 g/mol. The van der Waals surface area contributed by atoms with Gasteiger partial charge in [0.05, 0.1) is 11.4 Å². The molecular formula is C11H7ClN2O2. The first kappa shape index (κ1) is 10.5. The number of alkyl halides is 1. The second-order valence-electron chi connectivity index (χ2n) is 3.07. The number of rotatable bonds is 1. The standard InChI is InChI=1S/C11H7ClN2O2/c12-5-1-2-7-3-4-9-8(6-7)10(11(15)16)14-13-9/h3-4,6H,5H2,(H,13,14)(H,15,16). The maximum Gasteiger partial charge on any atom is 0.357 e. The molecule has 0 aliphatic rings. The number of hydrogen-bond acceptors (Lipinski definition) is 2. The van der Waals surface area contributed by atoms with Crippen molar-refractivity contribution >= 4 is 28.5 Å². The number of carbonyl (C=O) groups is 1. The first-order chi connectivity index (χ1) is 7.72. The molecule has 1 aromatic carbocycles. The molecule has 2 aromatic rings. The van der Waals surface area contributed by atoms with Crippen LogP contribution in [0.2, 0.25) is 0 Å². The summed E-state index contributed by atoms with van der Waals surface area (Å²) in [4.78, 5) is 10.9. The van der Waals surface area contributed by atoms with E-state index in [0.717, 1.165) is 5.56 Å². The third-order valence-corrected chi connectivity index (χ3v) is 2.20. The van der Waals surface area contributed by atoms with E-state index in [-0.39, 0.29) is 11.6 Å². The average molecular weight is 235 g/mol. The fourth-order valence-corrected chi connectivity index (χ4v) is 1.46. The van der Waals surface area contributed by atoms with Crippen molar-refractivity contribution in [3.63, 3.8) is 0 Å². The summed E-state index contributed by atoms with van der Waals surface area (Å²) in [5.74, 6) is 4.72. The number of nitrogens with zero attached hydrogens (tertiary/aromatic N) is 1. The van der Waals surface area contributed by atoms with Crippen molar-refractivity contribution in [3.8, 4) is 11.8 Å². The molecule has 0 aliphatic carbocycles. The number of aromatic nitrogens is 2. The van der Waals surface area contributed by atoms with Crippen molar-refractivity contribution in [2.24, 2.45) is 0 Å². The number of aromatic carboxylic acids is 1. The summed E-state index contributed by atoms with van der Waals surface area (Å²) in [5, 5.41) is 15.8. The van der Waals surface area contributed by atoms with Crippen molar-refractivity contribution in [1.29, 1.82) is 0 Å². The highest BCUT2D eigenvalue weighted by Crippen LogP contribution is 2.17. The van der Waals surface area contributed by atoms with Crippen LogP contribution >= 0.6 is 11.6 Å². The van der Waals surface area contributed by atoms with Crippen LogP contribution in [0.25, 0.3) is 10.9 Å². The predicted molar refractivity (Wildman–Crippen MR) is 60.7 cm³/mol. The summed E-state index contributed by atoms with van der Waals surface area (Å²) >= 11 is 5.44. The van der Waals surface area contributed by atoms with Crippen molar-refractivity contribution in [2.45, 2.75) is 0 Å². The molecule has 4 nitrogen and oxygen atoms in total. The number of nitrogens with one attached hydrogen (secondary N) is 1. The summed E-state index contributed by atoms with van der Waals surface area (Å²) in [6.45, 7) is 0. The van der Waals surface area contributed by atoms with Crippen LogP contribution in [0.1, 0.15) is 16.1 Å². The molecule has 0 atom stereocenters. The summed E-state index contributed by atoms with van der Waals surface area (Å²) in [6.07, 6.45) is 0. The van der Waals surface area contributed by atoms with Gasteiger partial charge < -0.3 is 5.11 Å². The number of fused-ring (bicyclic) bond motifs is 1. The van der Waals surface area contributed by atoms with E-state index in [4.69, 9.17) is 16.7 Å². The van der Waals surface area contributed by atoms with Crippen molar-refractivity contribution < 1.29 is 9.90 Å². The van der Waals surface area contributed by atoms with E-state index in [9.17, 15) is 4.79 Å². The van der Waals surface area contributed by atoms with E-state index >= 15 is 0 Å². The lowest BCUT2D eigenvalue weighted by Crippen LogP contribution is -1.96. The topological polar surface area (TPSA) is 66.0 Å². The van der Waals surface area contributed by atoms with E-state index in [1.807, 2.05) is 0 Å². The molecule has 1 heterocycles. The Morgan fingerprint density at radius 1 is 1.56 bits per heavy atom. The fourth-order valence-electron chi connectivity index (χ4n) is 1.39. The quantitative estimate of drug-likeness (QED) is 0.585. The highest BCUT2D eigenvalue weighted by atomic mass is 35.5. The Kier molecular flexibility index (Phi) is 2.80. The normalized spacial score (nSPS) is 9.81. The Bertz CT molecular complexity index is 607. The van der Waals surface area contributed by atoms with Crippen LogP contribution in [0.15, 0.2) is 18.2 Å². The zero-order chi connectivity index (χ0) is 11.5. The van der Waals surface area contributed by atoms with Crippen molar-refractivity contribution in [1.82, 2.24) is 10.2 Å². The van der Waals surface area contributed by atoms with Crippen LogP contribution in [0.4, 0.5) is 0 Å². The molecule has 2 rings (SSSR count). The summed E-state index contributed by atoms with van der Waals surface area (Å²) in [5.41, 5.74) is 1.40. The number of halogens is 1. The first-order valence-corrected chi connectivity index (χ1v) is 5.02. The van der Waals surface area contributed by atoms with Crippen LogP contribution in [0.3, 0.4) is 0 Å². The molecule has 0 amide bonds. The molecule has 2 N–H and O–H groups in total. The van der Waals surface area contributed by atoms with Gasteiger partial charge in [0, 0.05) is 10.9 Å². The summed E-state index contributed by atoms with van der Waals surface area (Å²) in [6, 6.07) is 5.21. The largest absolute Gasteiger partial charge is 0.476 e. The van der Waals surface area contributed by atoms with Crippen LogP contribution in [-0.4, -0.2) is 27.2 Å². The van der Waals surface area contributed by atoms with Crippen molar-refractivity contribution in [2.75, 3.05) is 5.88 Å². The lowest BCUT2D eigenvalue weighted by molar-refractivity contribution is 0.0692. The number of hydrogen-bond donors (Lipinski definition) is 2. The maximum absolute atomic E-state index is 10.9. The van der Waals surface area contributed by atoms with Gasteiger partial charge in [-0.2, -0.15) is 5.10 Å². The SMILES string of the molecule is O=C(O)c1n[nH]c2ccc(C#CCCl)cc12. The minimum Gasteiger partial charge on any atom is -0.476 e. The maximum atomic E-state index is 10.9. The summed E-state index contributed by atoms with van der Waals surface area (Å²) in [7, 11) is 0. The van der Waals surface area contributed by atoms with Crippen molar-refractivity contribution in [3.05, 3.63) is 29.5 Å². The highest BCUT2D eigenvalue weighted by Gasteiger charge is 2.12. The molecule has 16 heavy (non-hydrogen) atoms. The van der Waals surface area contributed by atoms with Gasteiger partial charge in [-0.15, -0.1) is 11.6 Å². The molecule has 0 bridgehead atoms. The molecule has 0 radical (unpaired) electrons. The molecule has 80 valence electrons. The van der Waals surface area contributed by atoms with Gasteiger partial charge in [-0.1, -0.05) is 11.8 Å². The zero-order valence-electron chi connectivity index (χ0n) is 8.12. The van der Waals surface area contributed by atoms with Gasteiger partial charge in [-0.3, -0.25) is 5.10 Å². The number of H-pyrrole nitrogens is 1. The molecule has 0 spiro atoms. The minimum absolute atomic E-state index is 0.00419. The Balaban J connectivity index is 2.58. The minimum atomic E-state index is -1.06. The molecule has 0 fully saturated rings. The van der Waals surface area contributed by atoms with Gasteiger partial charge in [0.25, 0.3) is 0 Å². The van der Waals surface area contributed by atoms with Crippen LogP contribution < -0.4 is 0 Å². The zero-order valence-corrected chi connectivity index (χ0v) is 8.88.